The highest BCUT2D eigenvalue weighted by Gasteiger charge is 2.46. The maximum atomic E-state index is 13.9. The summed E-state index contributed by atoms with van der Waals surface area (Å²) in [5, 5.41) is 2.66. The summed E-state index contributed by atoms with van der Waals surface area (Å²) in [6.07, 6.45) is 0.411. The monoisotopic (exact) mass is 380 g/mol. The van der Waals surface area contributed by atoms with Gasteiger partial charge in [-0.05, 0) is 57.2 Å². The molecular formula is C20H26F2N2O3. The number of nitrogens with one attached hydrogen (secondary N) is 1. The van der Waals surface area contributed by atoms with Crippen molar-refractivity contribution in [1.29, 1.82) is 0 Å². The van der Waals surface area contributed by atoms with Crippen LogP contribution >= 0.6 is 0 Å². The predicted octanol–water partition coefficient (Wildman–Crippen LogP) is 4.54. The quantitative estimate of drug-likeness (QED) is 0.838. The van der Waals surface area contributed by atoms with Crippen molar-refractivity contribution < 1.29 is 23.1 Å². The molecule has 1 heterocycles. The molecule has 1 aromatic rings. The minimum absolute atomic E-state index is 0.222. The van der Waals surface area contributed by atoms with Gasteiger partial charge in [0.15, 0.2) is 0 Å². The van der Waals surface area contributed by atoms with Crippen LogP contribution in [0.25, 0.3) is 0 Å². The Bertz CT molecular complexity index is 709. The summed E-state index contributed by atoms with van der Waals surface area (Å²) < 4.78 is 33.1. The Labute approximate surface area is 158 Å². The number of hydrogen-bond acceptors (Lipinski definition) is 3. The molecule has 2 amide bonds. The highest BCUT2D eigenvalue weighted by Crippen LogP contribution is 2.40. The average Bonchev–Trinajstić information content (AvgIpc) is 3.38. The van der Waals surface area contributed by atoms with Crippen molar-refractivity contribution in [2.75, 3.05) is 11.9 Å². The molecule has 0 aromatic heterocycles. The van der Waals surface area contributed by atoms with Gasteiger partial charge in [-0.3, -0.25) is 9.69 Å². The van der Waals surface area contributed by atoms with Crippen molar-refractivity contribution in [3.63, 3.8) is 0 Å². The molecule has 1 saturated heterocycles. The van der Waals surface area contributed by atoms with Crippen LogP contribution in [0.2, 0.25) is 0 Å². The van der Waals surface area contributed by atoms with Crippen LogP contribution in [0.3, 0.4) is 0 Å². The Morgan fingerprint density at radius 2 is 1.81 bits per heavy atom. The fourth-order valence-electron chi connectivity index (χ4n) is 3.19. The summed E-state index contributed by atoms with van der Waals surface area (Å²) in [7, 11) is 0. The minimum atomic E-state index is -2.99. The summed E-state index contributed by atoms with van der Waals surface area (Å²) in [6.45, 7) is 4.86. The van der Waals surface area contributed by atoms with E-state index in [2.05, 4.69) is 5.32 Å². The molecule has 1 atom stereocenters. The van der Waals surface area contributed by atoms with Crippen molar-refractivity contribution in [3.8, 4) is 0 Å². The summed E-state index contributed by atoms with van der Waals surface area (Å²) in [5.74, 6) is -3.02. The van der Waals surface area contributed by atoms with Crippen molar-refractivity contribution >= 4 is 17.7 Å². The Hall–Kier alpha value is -2.18. The fraction of sp³-hybridized carbons (Fsp3) is 0.600. The number of likely N-dealkylation sites (tertiary alicyclic amines) is 1. The van der Waals surface area contributed by atoms with Gasteiger partial charge in [0.2, 0.25) is 5.91 Å². The normalized spacial score (nSPS) is 22.3. The second-order valence-corrected chi connectivity index (χ2v) is 8.39. The van der Waals surface area contributed by atoms with E-state index in [1.165, 1.54) is 18.4 Å². The fourth-order valence-corrected chi connectivity index (χ4v) is 3.19. The van der Waals surface area contributed by atoms with Gasteiger partial charge in [-0.2, -0.15) is 0 Å². The number of benzene rings is 1. The molecule has 0 unspecified atom stereocenters. The Morgan fingerprint density at radius 3 is 2.37 bits per heavy atom. The number of alkyl halides is 2. The largest absolute Gasteiger partial charge is 0.444 e. The number of halogens is 2. The van der Waals surface area contributed by atoms with Crippen LogP contribution in [0, 0.1) is 0 Å². The average molecular weight is 380 g/mol. The topological polar surface area (TPSA) is 58.6 Å². The summed E-state index contributed by atoms with van der Waals surface area (Å²) in [4.78, 5) is 26.2. The lowest BCUT2D eigenvalue weighted by molar-refractivity contribution is -0.131. The van der Waals surface area contributed by atoms with Gasteiger partial charge in [0.1, 0.15) is 11.6 Å². The van der Waals surface area contributed by atoms with Gasteiger partial charge in [0, 0.05) is 25.1 Å². The number of carbonyl (C=O) groups excluding carboxylic acids is 2. The lowest BCUT2D eigenvalue weighted by Gasteiger charge is -2.38. The van der Waals surface area contributed by atoms with E-state index in [9.17, 15) is 18.4 Å². The lowest BCUT2D eigenvalue weighted by atomic mass is 9.98. The maximum absolute atomic E-state index is 13.9. The van der Waals surface area contributed by atoms with Gasteiger partial charge in [-0.1, -0.05) is 12.1 Å². The Balaban J connectivity index is 1.71. The molecule has 0 radical (unpaired) electrons. The molecule has 3 rings (SSSR count). The molecule has 1 N–H and O–H groups in total. The van der Waals surface area contributed by atoms with Crippen LogP contribution < -0.4 is 5.32 Å². The summed E-state index contributed by atoms with van der Waals surface area (Å²) >= 11 is 0. The molecule has 148 valence electrons. The number of nitrogens with zero attached hydrogens (tertiary/aromatic N) is 1. The number of hydrogen-bond donors (Lipinski definition) is 1. The minimum Gasteiger partial charge on any atom is -0.444 e. The summed E-state index contributed by atoms with van der Waals surface area (Å²) in [5.41, 5.74) is 0.978. The third-order valence-electron chi connectivity index (χ3n) is 4.74. The number of rotatable bonds is 3. The van der Waals surface area contributed by atoms with E-state index in [4.69, 9.17) is 4.74 Å². The zero-order valence-corrected chi connectivity index (χ0v) is 15.9. The van der Waals surface area contributed by atoms with Gasteiger partial charge in [0.25, 0.3) is 5.92 Å². The van der Waals surface area contributed by atoms with Crippen LogP contribution in [0.4, 0.5) is 19.3 Å². The van der Waals surface area contributed by atoms with Gasteiger partial charge in [-0.25, -0.2) is 13.6 Å². The third kappa shape index (κ3) is 5.17. The Morgan fingerprint density at radius 1 is 1.19 bits per heavy atom. The standard InChI is InChI=1S/C20H26F2N2O3/c1-19(2,3)27-18(26)24-11-10-20(21,22)12-16(24)17(25)23-15-8-6-14(7-9-15)13-4-5-13/h6-9,13,16H,4-5,10-12H2,1-3H3,(H,23,25)/t16-/m1/s1. The SMILES string of the molecule is CC(C)(C)OC(=O)N1CCC(F)(F)C[C@@H]1C(=O)Nc1ccc(C2CC2)cc1. The molecule has 2 fully saturated rings. The summed E-state index contributed by atoms with van der Waals surface area (Å²) in [6, 6.07) is 6.14. The van der Waals surface area contributed by atoms with E-state index < -0.39 is 42.4 Å². The predicted molar refractivity (Wildman–Crippen MR) is 98.0 cm³/mol. The zero-order chi connectivity index (χ0) is 19.8. The molecule has 1 aliphatic heterocycles. The number of ether oxygens (including phenoxy) is 1. The molecule has 0 spiro atoms. The Kier molecular flexibility index (Phi) is 5.14. The van der Waals surface area contributed by atoms with Crippen molar-refractivity contribution in [2.45, 2.75) is 69.9 Å². The molecule has 0 bridgehead atoms. The lowest BCUT2D eigenvalue weighted by Crippen LogP contribution is -2.55. The molecule has 2 aliphatic rings. The van der Waals surface area contributed by atoms with E-state index in [1.54, 1.807) is 32.9 Å². The van der Waals surface area contributed by atoms with E-state index in [-0.39, 0.29) is 6.54 Å². The van der Waals surface area contributed by atoms with Gasteiger partial charge < -0.3 is 10.1 Å². The number of anilines is 1. The van der Waals surface area contributed by atoms with Crippen LogP contribution in [-0.2, 0) is 9.53 Å². The molecule has 27 heavy (non-hydrogen) atoms. The van der Waals surface area contributed by atoms with Crippen LogP contribution in [0.1, 0.15) is 57.9 Å². The van der Waals surface area contributed by atoms with Crippen molar-refractivity contribution in [2.24, 2.45) is 0 Å². The zero-order valence-electron chi connectivity index (χ0n) is 15.9. The van der Waals surface area contributed by atoms with E-state index in [0.717, 1.165) is 4.90 Å². The first-order valence-electron chi connectivity index (χ1n) is 9.32. The van der Waals surface area contributed by atoms with Crippen molar-refractivity contribution in [1.82, 2.24) is 4.90 Å². The second-order valence-electron chi connectivity index (χ2n) is 8.39. The number of piperidine rings is 1. The van der Waals surface area contributed by atoms with E-state index in [0.29, 0.717) is 11.6 Å². The van der Waals surface area contributed by atoms with Crippen LogP contribution in [-0.4, -0.2) is 41.0 Å². The van der Waals surface area contributed by atoms with Gasteiger partial charge in [0.05, 0.1) is 0 Å². The van der Waals surface area contributed by atoms with E-state index >= 15 is 0 Å². The molecule has 7 heteroatoms. The number of carbonyl (C=O) groups is 2. The highest BCUT2D eigenvalue weighted by atomic mass is 19.3. The third-order valence-corrected chi connectivity index (χ3v) is 4.74. The molecule has 1 aromatic carbocycles. The number of amides is 2. The van der Waals surface area contributed by atoms with E-state index in [1.807, 2.05) is 12.1 Å². The van der Waals surface area contributed by atoms with Gasteiger partial charge in [-0.15, -0.1) is 0 Å². The first-order valence-corrected chi connectivity index (χ1v) is 9.32. The van der Waals surface area contributed by atoms with Crippen LogP contribution in [0.5, 0.6) is 0 Å². The van der Waals surface area contributed by atoms with Crippen LogP contribution in [0.15, 0.2) is 24.3 Å². The maximum Gasteiger partial charge on any atom is 0.410 e. The molecule has 1 saturated carbocycles. The highest BCUT2D eigenvalue weighted by molar-refractivity contribution is 5.96. The molecule has 5 nitrogen and oxygen atoms in total. The second kappa shape index (κ2) is 7.09. The molecule has 1 aliphatic carbocycles. The first-order chi connectivity index (χ1) is 12.5. The molecular weight excluding hydrogens is 354 g/mol. The first kappa shape index (κ1) is 19.6. The smallest absolute Gasteiger partial charge is 0.410 e. The van der Waals surface area contributed by atoms with Crippen molar-refractivity contribution in [3.05, 3.63) is 29.8 Å². The van der Waals surface area contributed by atoms with Gasteiger partial charge >= 0.3 is 6.09 Å².